The first-order valence-corrected chi connectivity index (χ1v) is 12.1. The Morgan fingerprint density at radius 2 is 2.12 bits per heavy atom. The van der Waals surface area contributed by atoms with E-state index >= 15 is 0 Å². The van der Waals surface area contributed by atoms with Crippen molar-refractivity contribution in [2.24, 2.45) is 0 Å². The number of hydrogen-bond donors (Lipinski definition) is 2. The fourth-order valence-electron chi connectivity index (χ4n) is 4.38. The highest BCUT2D eigenvalue weighted by molar-refractivity contribution is 7.80. The third-order valence-corrected chi connectivity index (χ3v) is 6.61. The molecule has 174 valence electrons. The molecule has 0 spiro atoms. The maximum absolute atomic E-state index is 12.8. The van der Waals surface area contributed by atoms with Crippen molar-refractivity contribution in [2.45, 2.75) is 38.8 Å². The molecule has 4 rings (SSSR count). The number of nitrogens with one attached hydrogen (secondary N) is 2. The molecule has 2 aliphatic heterocycles. The predicted molar refractivity (Wildman–Crippen MR) is 131 cm³/mol. The molecule has 0 radical (unpaired) electrons. The number of aryl methyl sites for hydroxylation is 1. The molecule has 2 aromatic rings. The number of pyridine rings is 1. The number of thiocarbonyl (C=S) groups is 1. The minimum absolute atomic E-state index is 0.0613. The Kier molecular flexibility index (Phi) is 8.13. The molecule has 7 nitrogen and oxygen atoms in total. The summed E-state index contributed by atoms with van der Waals surface area (Å²) in [7, 11) is 0. The van der Waals surface area contributed by atoms with Crippen LogP contribution in [-0.2, 0) is 16.0 Å². The Bertz CT molecular complexity index is 967. The third-order valence-electron chi connectivity index (χ3n) is 6.20. The van der Waals surface area contributed by atoms with Crippen molar-refractivity contribution < 1.29 is 9.47 Å². The summed E-state index contributed by atoms with van der Waals surface area (Å²) in [6.45, 7) is 9.51. The van der Waals surface area contributed by atoms with E-state index in [1.165, 1.54) is 5.56 Å². The van der Waals surface area contributed by atoms with E-state index in [1.54, 1.807) is 0 Å². The van der Waals surface area contributed by atoms with Gasteiger partial charge in [0.1, 0.15) is 0 Å². The molecule has 0 bridgehead atoms. The van der Waals surface area contributed by atoms with Gasteiger partial charge >= 0.3 is 0 Å². The molecule has 0 aliphatic carbocycles. The van der Waals surface area contributed by atoms with E-state index < -0.39 is 0 Å². The number of aromatic amines is 1. The van der Waals surface area contributed by atoms with Crippen LogP contribution in [-0.4, -0.2) is 78.5 Å². The summed E-state index contributed by atoms with van der Waals surface area (Å²) in [5.74, 6) is 0. The number of nitrogens with zero attached hydrogens (tertiary/aromatic N) is 2. The molecule has 1 aromatic carbocycles. The van der Waals surface area contributed by atoms with Crippen molar-refractivity contribution in [1.29, 1.82) is 0 Å². The summed E-state index contributed by atoms with van der Waals surface area (Å²) < 4.78 is 11.3. The Labute approximate surface area is 195 Å². The second-order valence-corrected chi connectivity index (χ2v) is 9.16. The second-order valence-electron chi connectivity index (χ2n) is 8.77. The topological polar surface area (TPSA) is 69.8 Å². The zero-order chi connectivity index (χ0) is 22.3. The van der Waals surface area contributed by atoms with Gasteiger partial charge in [-0.05, 0) is 68.5 Å². The van der Waals surface area contributed by atoms with Crippen LogP contribution in [0.15, 0.2) is 29.1 Å². The van der Waals surface area contributed by atoms with Crippen LogP contribution in [0, 0.1) is 6.92 Å². The van der Waals surface area contributed by atoms with E-state index in [1.807, 2.05) is 18.2 Å². The molecule has 32 heavy (non-hydrogen) atoms. The van der Waals surface area contributed by atoms with Crippen LogP contribution in [0.3, 0.4) is 0 Å². The van der Waals surface area contributed by atoms with Crippen molar-refractivity contribution in [2.75, 3.05) is 52.5 Å². The first-order chi connectivity index (χ1) is 15.6. The Morgan fingerprint density at radius 3 is 2.91 bits per heavy atom. The van der Waals surface area contributed by atoms with E-state index in [9.17, 15) is 4.79 Å². The lowest BCUT2D eigenvalue weighted by atomic mass is 10.1. The highest BCUT2D eigenvalue weighted by Gasteiger charge is 2.22. The Morgan fingerprint density at radius 1 is 1.28 bits per heavy atom. The molecular formula is C24H34N4O3S. The lowest BCUT2D eigenvalue weighted by Crippen LogP contribution is -2.45. The molecule has 1 aromatic heterocycles. The van der Waals surface area contributed by atoms with Crippen LogP contribution >= 0.6 is 12.2 Å². The van der Waals surface area contributed by atoms with Crippen molar-refractivity contribution >= 4 is 28.2 Å². The van der Waals surface area contributed by atoms with Gasteiger partial charge in [0.15, 0.2) is 5.11 Å². The van der Waals surface area contributed by atoms with Crippen LogP contribution in [0.4, 0.5) is 0 Å². The minimum Gasteiger partial charge on any atom is -0.379 e. The normalized spacial score (nSPS) is 19.3. The number of fused-ring (bicyclic) bond motifs is 1. The van der Waals surface area contributed by atoms with Gasteiger partial charge in [-0.3, -0.25) is 9.69 Å². The largest absolute Gasteiger partial charge is 0.379 e. The standard InChI is InChI=1S/C24H34N4O3S/c1-18-5-6-22-19(14-18)15-20(23(29)26-22)16-28(17-21-4-2-11-31-21)24(32)25-7-3-8-27-9-12-30-13-10-27/h5-6,14-15,21H,2-4,7-13,16-17H2,1H3,(H,25,32)(H,26,29)/t21-/m1/s1. The van der Waals surface area contributed by atoms with E-state index in [4.69, 9.17) is 21.7 Å². The molecule has 2 fully saturated rings. The second kappa shape index (κ2) is 11.2. The third kappa shape index (κ3) is 6.28. The van der Waals surface area contributed by atoms with Gasteiger partial charge in [-0.1, -0.05) is 11.6 Å². The SMILES string of the molecule is Cc1ccc2[nH]c(=O)c(CN(C[C@H]3CCCO3)C(=S)NCCCN3CCOCC3)cc2c1. The molecule has 0 amide bonds. The van der Waals surface area contributed by atoms with Crippen LogP contribution in [0.5, 0.6) is 0 Å². The number of morpholine rings is 1. The number of aromatic nitrogens is 1. The molecule has 8 heteroatoms. The summed E-state index contributed by atoms with van der Waals surface area (Å²) in [5, 5.41) is 5.14. The van der Waals surface area contributed by atoms with Crippen LogP contribution in [0.1, 0.15) is 30.4 Å². The first kappa shape index (κ1) is 23.2. The number of rotatable bonds is 8. The van der Waals surface area contributed by atoms with Crippen molar-refractivity contribution in [1.82, 2.24) is 20.1 Å². The van der Waals surface area contributed by atoms with Gasteiger partial charge < -0.3 is 24.7 Å². The number of H-pyrrole nitrogens is 1. The molecule has 0 unspecified atom stereocenters. The lowest BCUT2D eigenvalue weighted by molar-refractivity contribution is 0.0375. The van der Waals surface area contributed by atoms with Gasteiger partial charge in [-0.15, -0.1) is 0 Å². The zero-order valence-electron chi connectivity index (χ0n) is 18.9. The molecule has 0 saturated carbocycles. The smallest absolute Gasteiger partial charge is 0.253 e. The van der Waals surface area contributed by atoms with E-state index in [0.29, 0.717) is 18.2 Å². The van der Waals surface area contributed by atoms with E-state index in [2.05, 4.69) is 33.1 Å². The Balaban J connectivity index is 1.40. The highest BCUT2D eigenvalue weighted by atomic mass is 32.1. The fraction of sp³-hybridized carbons (Fsp3) is 0.583. The van der Waals surface area contributed by atoms with Gasteiger partial charge in [-0.2, -0.15) is 0 Å². The Hall–Kier alpha value is -2.00. The lowest BCUT2D eigenvalue weighted by Gasteiger charge is -2.29. The number of ether oxygens (including phenoxy) is 2. The quantitative estimate of drug-likeness (QED) is 0.465. The molecule has 3 heterocycles. The number of hydrogen-bond acceptors (Lipinski definition) is 5. The van der Waals surface area contributed by atoms with Gasteiger partial charge in [0, 0.05) is 43.9 Å². The summed E-state index contributed by atoms with van der Waals surface area (Å²) in [6, 6.07) is 8.06. The van der Waals surface area contributed by atoms with Gasteiger partial charge in [-0.25, -0.2) is 0 Å². The highest BCUT2D eigenvalue weighted by Crippen LogP contribution is 2.17. The predicted octanol–water partition coefficient (Wildman–Crippen LogP) is 2.41. The molecule has 2 aliphatic rings. The van der Waals surface area contributed by atoms with Gasteiger partial charge in [0.05, 0.1) is 25.9 Å². The monoisotopic (exact) mass is 458 g/mol. The summed E-state index contributed by atoms with van der Waals surface area (Å²) >= 11 is 5.75. The maximum Gasteiger partial charge on any atom is 0.253 e. The van der Waals surface area contributed by atoms with Crippen molar-refractivity contribution in [3.05, 3.63) is 45.7 Å². The average Bonchev–Trinajstić information content (AvgIpc) is 3.31. The number of benzene rings is 1. The summed E-state index contributed by atoms with van der Waals surface area (Å²) in [5.41, 5.74) is 2.69. The van der Waals surface area contributed by atoms with Crippen LogP contribution in [0.25, 0.3) is 10.9 Å². The molecule has 2 N–H and O–H groups in total. The molecule has 2 saturated heterocycles. The summed E-state index contributed by atoms with van der Waals surface area (Å²) in [6.07, 6.45) is 3.28. The van der Waals surface area contributed by atoms with Gasteiger partial charge in [0.25, 0.3) is 5.56 Å². The first-order valence-electron chi connectivity index (χ1n) is 11.7. The van der Waals surface area contributed by atoms with E-state index in [0.717, 1.165) is 81.7 Å². The average molecular weight is 459 g/mol. The molecular weight excluding hydrogens is 424 g/mol. The van der Waals surface area contributed by atoms with Crippen molar-refractivity contribution in [3.63, 3.8) is 0 Å². The summed E-state index contributed by atoms with van der Waals surface area (Å²) in [4.78, 5) is 20.3. The zero-order valence-corrected chi connectivity index (χ0v) is 19.7. The maximum atomic E-state index is 12.8. The minimum atomic E-state index is -0.0613. The van der Waals surface area contributed by atoms with Crippen molar-refractivity contribution in [3.8, 4) is 0 Å². The molecule has 1 atom stereocenters. The fourth-order valence-corrected chi connectivity index (χ4v) is 4.62. The van der Waals surface area contributed by atoms with Gasteiger partial charge in [0.2, 0.25) is 0 Å². The van der Waals surface area contributed by atoms with Crippen LogP contribution < -0.4 is 10.9 Å². The van der Waals surface area contributed by atoms with Crippen LogP contribution in [0.2, 0.25) is 0 Å². The van der Waals surface area contributed by atoms with E-state index in [-0.39, 0.29) is 11.7 Å².